The summed E-state index contributed by atoms with van der Waals surface area (Å²) in [5, 5.41) is 1.75. The minimum absolute atomic E-state index is 0.0410. The highest BCUT2D eigenvalue weighted by atomic mass is 16.5. The third-order valence-corrected chi connectivity index (χ3v) is 4.87. The second-order valence-electron chi connectivity index (χ2n) is 6.65. The third kappa shape index (κ3) is 3.55. The van der Waals surface area contributed by atoms with Gasteiger partial charge in [-0.2, -0.15) is 0 Å². The number of nitrogens with zero attached hydrogens (tertiary/aromatic N) is 1. The standard InChI is InChI=1S/C22H19N3O4/c1-29-16-11-9-15(10-12-16)25-20(26)13-19(22(25)28)23-24-21(27)18-8-4-6-14-5-2-3-7-17(14)18/h2-12,19,23H,13H2,1H3,(H,24,27)/t19-/m1/s1. The molecule has 1 aliphatic rings. The van der Waals surface area contributed by atoms with Crippen LogP contribution in [-0.4, -0.2) is 30.9 Å². The number of nitrogens with one attached hydrogen (secondary N) is 2. The molecule has 7 heteroatoms. The minimum atomic E-state index is -0.830. The molecule has 1 heterocycles. The summed E-state index contributed by atoms with van der Waals surface area (Å²) < 4.78 is 5.10. The molecule has 1 saturated heterocycles. The smallest absolute Gasteiger partial charge is 0.266 e. The molecule has 4 rings (SSSR count). The number of imide groups is 1. The van der Waals surface area contributed by atoms with E-state index in [9.17, 15) is 14.4 Å². The maximum absolute atomic E-state index is 12.7. The molecule has 3 aromatic carbocycles. The zero-order chi connectivity index (χ0) is 20.4. The summed E-state index contributed by atoms with van der Waals surface area (Å²) in [5.41, 5.74) is 6.23. The predicted octanol–water partition coefficient (Wildman–Crippen LogP) is 2.41. The number of anilines is 1. The number of hydrogen-bond acceptors (Lipinski definition) is 5. The Hall–Kier alpha value is -3.71. The molecule has 29 heavy (non-hydrogen) atoms. The fraction of sp³-hybridized carbons (Fsp3) is 0.136. The van der Waals surface area contributed by atoms with Gasteiger partial charge in [0.25, 0.3) is 11.8 Å². The van der Waals surface area contributed by atoms with Crippen LogP contribution in [-0.2, 0) is 9.59 Å². The van der Waals surface area contributed by atoms with Crippen LogP contribution < -0.4 is 20.5 Å². The fourth-order valence-electron chi connectivity index (χ4n) is 3.39. The number of rotatable bonds is 5. The van der Waals surface area contributed by atoms with Crippen molar-refractivity contribution in [3.8, 4) is 5.75 Å². The summed E-state index contributed by atoms with van der Waals surface area (Å²) in [6.07, 6.45) is -0.0410. The quantitative estimate of drug-likeness (QED) is 0.517. The van der Waals surface area contributed by atoms with Crippen LogP contribution in [0.2, 0.25) is 0 Å². The second-order valence-corrected chi connectivity index (χ2v) is 6.65. The first-order chi connectivity index (χ1) is 14.1. The van der Waals surface area contributed by atoms with Gasteiger partial charge in [0.05, 0.1) is 19.2 Å². The Bertz CT molecular complexity index is 1090. The highest BCUT2D eigenvalue weighted by Gasteiger charge is 2.39. The topological polar surface area (TPSA) is 87.7 Å². The number of amides is 3. The van der Waals surface area contributed by atoms with Crippen molar-refractivity contribution < 1.29 is 19.1 Å². The van der Waals surface area contributed by atoms with Crippen molar-refractivity contribution in [3.63, 3.8) is 0 Å². The van der Waals surface area contributed by atoms with Gasteiger partial charge in [-0.1, -0.05) is 36.4 Å². The minimum Gasteiger partial charge on any atom is -0.497 e. The Morgan fingerprint density at radius 1 is 1.00 bits per heavy atom. The van der Waals surface area contributed by atoms with E-state index in [0.29, 0.717) is 17.0 Å². The lowest BCUT2D eigenvalue weighted by Crippen LogP contribution is -2.48. The monoisotopic (exact) mass is 389 g/mol. The molecule has 7 nitrogen and oxygen atoms in total. The zero-order valence-electron chi connectivity index (χ0n) is 15.7. The summed E-state index contributed by atoms with van der Waals surface area (Å²) in [6.45, 7) is 0. The lowest BCUT2D eigenvalue weighted by molar-refractivity contribution is -0.121. The number of methoxy groups -OCH3 is 1. The predicted molar refractivity (Wildman–Crippen MR) is 108 cm³/mol. The average molecular weight is 389 g/mol. The summed E-state index contributed by atoms with van der Waals surface area (Å²) in [7, 11) is 1.54. The Morgan fingerprint density at radius 2 is 1.72 bits per heavy atom. The molecule has 1 atom stereocenters. The number of carbonyl (C=O) groups is 3. The maximum Gasteiger partial charge on any atom is 0.266 e. The van der Waals surface area contributed by atoms with Gasteiger partial charge in [-0.25, -0.2) is 10.3 Å². The van der Waals surface area contributed by atoms with Crippen molar-refractivity contribution in [2.45, 2.75) is 12.5 Å². The molecule has 3 aromatic rings. The normalized spacial score (nSPS) is 16.3. The summed E-state index contributed by atoms with van der Waals surface area (Å²) in [6, 6.07) is 18.8. The lowest BCUT2D eigenvalue weighted by Gasteiger charge is -2.16. The maximum atomic E-state index is 12.7. The third-order valence-electron chi connectivity index (χ3n) is 4.87. The van der Waals surface area contributed by atoms with Gasteiger partial charge < -0.3 is 4.74 Å². The van der Waals surface area contributed by atoms with Crippen LogP contribution in [0.25, 0.3) is 10.8 Å². The Morgan fingerprint density at radius 3 is 2.48 bits per heavy atom. The summed E-state index contributed by atoms with van der Waals surface area (Å²) >= 11 is 0. The highest BCUT2D eigenvalue weighted by Crippen LogP contribution is 2.25. The SMILES string of the molecule is COc1ccc(N2C(=O)C[C@@H](NNC(=O)c3cccc4ccccc34)C2=O)cc1. The van der Waals surface area contributed by atoms with Crippen LogP contribution in [0.5, 0.6) is 5.75 Å². The highest BCUT2D eigenvalue weighted by molar-refractivity contribution is 6.22. The Labute approximate surface area is 167 Å². The van der Waals surface area contributed by atoms with E-state index in [1.54, 1.807) is 43.5 Å². The van der Waals surface area contributed by atoms with Crippen LogP contribution in [0.3, 0.4) is 0 Å². The van der Waals surface area contributed by atoms with E-state index in [4.69, 9.17) is 4.74 Å². The molecule has 0 radical (unpaired) electrons. The average Bonchev–Trinajstić information content (AvgIpc) is 3.04. The van der Waals surface area contributed by atoms with E-state index in [1.807, 2.05) is 30.3 Å². The van der Waals surface area contributed by atoms with Crippen LogP contribution in [0.1, 0.15) is 16.8 Å². The molecular formula is C22H19N3O4. The summed E-state index contributed by atoms with van der Waals surface area (Å²) in [4.78, 5) is 38.8. The van der Waals surface area contributed by atoms with Gasteiger partial charge >= 0.3 is 0 Å². The van der Waals surface area contributed by atoms with Gasteiger partial charge in [0, 0.05) is 5.56 Å². The number of carbonyl (C=O) groups excluding carboxylic acids is 3. The van der Waals surface area contributed by atoms with Crippen LogP contribution in [0, 0.1) is 0 Å². The molecule has 146 valence electrons. The van der Waals surface area contributed by atoms with Crippen molar-refractivity contribution >= 4 is 34.2 Å². The first-order valence-corrected chi connectivity index (χ1v) is 9.13. The first kappa shape index (κ1) is 18.6. The van der Waals surface area contributed by atoms with Gasteiger partial charge in [-0.05, 0) is 41.1 Å². The number of ether oxygens (including phenoxy) is 1. The number of benzene rings is 3. The molecular weight excluding hydrogens is 370 g/mol. The molecule has 0 spiro atoms. The van der Waals surface area contributed by atoms with Crippen molar-refractivity contribution in [3.05, 3.63) is 72.3 Å². The van der Waals surface area contributed by atoms with E-state index >= 15 is 0 Å². The van der Waals surface area contributed by atoms with E-state index in [1.165, 1.54) is 0 Å². The molecule has 0 unspecified atom stereocenters. The number of hydrogen-bond donors (Lipinski definition) is 2. The first-order valence-electron chi connectivity index (χ1n) is 9.13. The van der Waals surface area contributed by atoms with Crippen molar-refractivity contribution in [1.29, 1.82) is 0 Å². The van der Waals surface area contributed by atoms with E-state index in [-0.39, 0.29) is 18.2 Å². The lowest BCUT2D eigenvalue weighted by atomic mass is 10.0. The molecule has 1 aliphatic heterocycles. The van der Waals surface area contributed by atoms with Gasteiger partial charge in [0.15, 0.2) is 0 Å². The molecule has 0 saturated carbocycles. The van der Waals surface area contributed by atoms with E-state index in [0.717, 1.165) is 15.7 Å². The molecule has 0 aromatic heterocycles. The molecule has 3 amide bonds. The van der Waals surface area contributed by atoms with Gasteiger partial charge in [-0.3, -0.25) is 19.8 Å². The van der Waals surface area contributed by atoms with Crippen LogP contribution in [0.15, 0.2) is 66.7 Å². The molecule has 2 N–H and O–H groups in total. The van der Waals surface area contributed by atoms with Gasteiger partial charge in [-0.15, -0.1) is 0 Å². The fourth-order valence-corrected chi connectivity index (χ4v) is 3.39. The molecule has 1 fully saturated rings. The van der Waals surface area contributed by atoms with Crippen molar-refractivity contribution in [2.75, 3.05) is 12.0 Å². The van der Waals surface area contributed by atoms with Crippen molar-refractivity contribution in [2.24, 2.45) is 0 Å². The second kappa shape index (κ2) is 7.73. The van der Waals surface area contributed by atoms with Crippen LogP contribution in [0.4, 0.5) is 5.69 Å². The number of fused-ring (bicyclic) bond motifs is 1. The molecule has 0 aliphatic carbocycles. The van der Waals surface area contributed by atoms with E-state index in [2.05, 4.69) is 10.9 Å². The van der Waals surface area contributed by atoms with Crippen molar-refractivity contribution in [1.82, 2.24) is 10.9 Å². The van der Waals surface area contributed by atoms with Gasteiger partial charge in [0.2, 0.25) is 5.91 Å². The Kier molecular flexibility index (Phi) is 4.97. The van der Waals surface area contributed by atoms with E-state index < -0.39 is 11.9 Å². The summed E-state index contributed by atoms with van der Waals surface area (Å²) in [5.74, 6) is -0.495. The zero-order valence-corrected chi connectivity index (χ0v) is 15.7. The van der Waals surface area contributed by atoms with Gasteiger partial charge in [0.1, 0.15) is 11.8 Å². The Balaban J connectivity index is 1.46. The number of hydrazine groups is 1. The molecule has 0 bridgehead atoms. The van der Waals surface area contributed by atoms with Crippen LogP contribution >= 0.6 is 0 Å². The largest absolute Gasteiger partial charge is 0.497 e.